The molecular formula is C16H23BrN2O. The predicted octanol–water partition coefficient (Wildman–Crippen LogP) is 3.05. The van der Waals surface area contributed by atoms with Crippen LogP contribution in [0.15, 0.2) is 28.7 Å². The fourth-order valence-electron chi connectivity index (χ4n) is 2.59. The van der Waals surface area contributed by atoms with Gasteiger partial charge in [-0.1, -0.05) is 34.1 Å². The highest BCUT2D eigenvalue weighted by Gasteiger charge is 2.19. The molecule has 1 fully saturated rings. The molecule has 0 atom stereocenters. The molecule has 0 unspecified atom stereocenters. The Labute approximate surface area is 130 Å². The van der Waals surface area contributed by atoms with Gasteiger partial charge in [0.2, 0.25) is 0 Å². The van der Waals surface area contributed by atoms with Crippen molar-refractivity contribution in [3.63, 3.8) is 0 Å². The highest BCUT2D eigenvalue weighted by atomic mass is 79.9. The van der Waals surface area contributed by atoms with Gasteiger partial charge >= 0.3 is 0 Å². The van der Waals surface area contributed by atoms with Crippen molar-refractivity contribution >= 4 is 21.7 Å². The molecule has 1 aromatic rings. The monoisotopic (exact) mass is 338 g/mol. The number of ketones is 1. The lowest BCUT2D eigenvalue weighted by Crippen LogP contribution is -2.49. The van der Waals surface area contributed by atoms with Crippen molar-refractivity contribution in [2.24, 2.45) is 0 Å². The third kappa shape index (κ3) is 4.14. The average molecular weight is 339 g/mol. The highest BCUT2D eigenvalue weighted by Crippen LogP contribution is 2.18. The third-order valence-corrected chi connectivity index (χ3v) is 4.66. The summed E-state index contributed by atoms with van der Waals surface area (Å²) in [6, 6.07) is 8.29. The molecule has 0 aromatic heterocycles. The van der Waals surface area contributed by atoms with Crippen LogP contribution in [-0.4, -0.2) is 54.3 Å². The van der Waals surface area contributed by atoms with E-state index in [1.54, 1.807) is 0 Å². The number of carbonyl (C=O) groups excluding carboxylic acids is 1. The molecule has 0 bridgehead atoms. The number of benzene rings is 1. The highest BCUT2D eigenvalue weighted by molar-refractivity contribution is 9.10. The Hall–Kier alpha value is -0.710. The van der Waals surface area contributed by atoms with E-state index in [4.69, 9.17) is 0 Å². The van der Waals surface area contributed by atoms with Crippen LogP contribution in [0.2, 0.25) is 0 Å². The SMILES string of the molecule is CC(C)N1CCN(CCC(=O)c2ccccc2Br)CC1. The van der Waals surface area contributed by atoms with Gasteiger partial charge in [0.25, 0.3) is 0 Å². The second kappa shape index (κ2) is 7.34. The smallest absolute Gasteiger partial charge is 0.165 e. The number of rotatable bonds is 5. The van der Waals surface area contributed by atoms with Crippen LogP contribution in [0.1, 0.15) is 30.6 Å². The Morgan fingerprint density at radius 1 is 1.20 bits per heavy atom. The van der Waals surface area contributed by atoms with E-state index >= 15 is 0 Å². The van der Waals surface area contributed by atoms with Crippen molar-refractivity contribution in [3.8, 4) is 0 Å². The summed E-state index contributed by atoms with van der Waals surface area (Å²) in [5.74, 6) is 0.226. The Morgan fingerprint density at radius 3 is 2.45 bits per heavy atom. The van der Waals surface area contributed by atoms with Crippen molar-refractivity contribution in [1.82, 2.24) is 9.80 Å². The molecule has 1 aromatic carbocycles. The van der Waals surface area contributed by atoms with Gasteiger partial charge in [0.05, 0.1) is 0 Å². The average Bonchev–Trinajstić information content (AvgIpc) is 2.45. The van der Waals surface area contributed by atoms with Crippen LogP contribution < -0.4 is 0 Å². The number of piperazine rings is 1. The molecule has 0 radical (unpaired) electrons. The number of Topliss-reactive ketones (excluding diaryl/α,β-unsaturated/α-hetero) is 1. The second-order valence-electron chi connectivity index (χ2n) is 5.62. The quantitative estimate of drug-likeness (QED) is 0.771. The van der Waals surface area contributed by atoms with E-state index in [9.17, 15) is 4.79 Å². The molecule has 2 rings (SSSR count). The first-order valence-electron chi connectivity index (χ1n) is 7.32. The first-order valence-corrected chi connectivity index (χ1v) is 8.11. The second-order valence-corrected chi connectivity index (χ2v) is 6.48. The standard InChI is InChI=1S/C16H23BrN2O/c1-13(2)19-11-9-18(10-12-19)8-7-16(20)14-5-3-4-6-15(14)17/h3-6,13H,7-12H2,1-2H3. The Balaban J connectivity index is 1.79. The van der Waals surface area contributed by atoms with Gasteiger partial charge in [0.1, 0.15) is 0 Å². The lowest BCUT2D eigenvalue weighted by Gasteiger charge is -2.36. The van der Waals surface area contributed by atoms with Crippen LogP contribution in [0.25, 0.3) is 0 Å². The zero-order chi connectivity index (χ0) is 14.5. The summed E-state index contributed by atoms with van der Waals surface area (Å²) in [5, 5.41) is 0. The van der Waals surface area contributed by atoms with Crippen LogP contribution in [0, 0.1) is 0 Å². The molecule has 20 heavy (non-hydrogen) atoms. The molecule has 1 aliphatic heterocycles. The van der Waals surface area contributed by atoms with Crippen LogP contribution in [0.3, 0.4) is 0 Å². The molecule has 4 heteroatoms. The minimum atomic E-state index is 0.226. The lowest BCUT2D eigenvalue weighted by atomic mass is 10.1. The molecule has 3 nitrogen and oxygen atoms in total. The van der Waals surface area contributed by atoms with Crippen LogP contribution in [-0.2, 0) is 0 Å². The van der Waals surface area contributed by atoms with Gasteiger partial charge in [0, 0.05) is 55.2 Å². The van der Waals surface area contributed by atoms with Crippen LogP contribution >= 0.6 is 15.9 Å². The minimum Gasteiger partial charge on any atom is -0.300 e. The molecule has 1 saturated heterocycles. The number of hydrogen-bond acceptors (Lipinski definition) is 3. The number of hydrogen-bond donors (Lipinski definition) is 0. The van der Waals surface area contributed by atoms with E-state index < -0.39 is 0 Å². The Morgan fingerprint density at radius 2 is 1.85 bits per heavy atom. The van der Waals surface area contributed by atoms with Crippen LogP contribution in [0.4, 0.5) is 0 Å². The summed E-state index contributed by atoms with van der Waals surface area (Å²) in [6.07, 6.45) is 0.601. The lowest BCUT2D eigenvalue weighted by molar-refractivity contribution is 0.0890. The number of halogens is 1. The molecule has 1 aliphatic rings. The summed E-state index contributed by atoms with van der Waals surface area (Å²) in [4.78, 5) is 17.1. The van der Waals surface area contributed by atoms with Gasteiger partial charge < -0.3 is 4.90 Å². The predicted molar refractivity (Wildman–Crippen MR) is 86.2 cm³/mol. The van der Waals surface area contributed by atoms with Gasteiger partial charge in [-0.05, 0) is 19.9 Å². The van der Waals surface area contributed by atoms with E-state index in [0.29, 0.717) is 12.5 Å². The third-order valence-electron chi connectivity index (χ3n) is 3.97. The first-order chi connectivity index (χ1) is 9.58. The molecule has 0 N–H and O–H groups in total. The molecular weight excluding hydrogens is 316 g/mol. The van der Waals surface area contributed by atoms with Crippen LogP contribution in [0.5, 0.6) is 0 Å². The maximum Gasteiger partial charge on any atom is 0.165 e. The summed E-state index contributed by atoms with van der Waals surface area (Å²) in [6.45, 7) is 9.72. The summed E-state index contributed by atoms with van der Waals surface area (Å²) < 4.78 is 0.898. The van der Waals surface area contributed by atoms with Gasteiger partial charge in [0.15, 0.2) is 5.78 Å². The van der Waals surface area contributed by atoms with E-state index in [1.807, 2.05) is 24.3 Å². The maximum atomic E-state index is 12.2. The zero-order valence-electron chi connectivity index (χ0n) is 12.3. The van der Waals surface area contributed by atoms with E-state index in [2.05, 4.69) is 39.6 Å². The molecule has 1 heterocycles. The fraction of sp³-hybridized carbons (Fsp3) is 0.562. The van der Waals surface area contributed by atoms with Crippen molar-refractivity contribution in [2.75, 3.05) is 32.7 Å². The largest absolute Gasteiger partial charge is 0.300 e. The Kier molecular flexibility index (Phi) is 5.75. The number of nitrogens with zero attached hydrogens (tertiary/aromatic N) is 2. The van der Waals surface area contributed by atoms with Gasteiger partial charge in [-0.25, -0.2) is 0 Å². The van der Waals surface area contributed by atoms with Gasteiger partial charge in [-0.3, -0.25) is 9.69 Å². The van der Waals surface area contributed by atoms with E-state index in [1.165, 1.54) is 0 Å². The van der Waals surface area contributed by atoms with Crippen molar-refractivity contribution in [1.29, 1.82) is 0 Å². The maximum absolute atomic E-state index is 12.2. The summed E-state index contributed by atoms with van der Waals surface area (Å²) >= 11 is 3.45. The van der Waals surface area contributed by atoms with Gasteiger partial charge in [-0.15, -0.1) is 0 Å². The molecule has 0 aliphatic carbocycles. The minimum absolute atomic E-state index is 0.226. The summed E-state index contributed by atoms with van der Waals surface area (Å²) in [5.41, 5.74) is 0.799. The number of carbonyl (C=O) groups is 1. The van der Waals surface area contributed by atoms with Crippen molar-refractivity contribution < 1.29 is 4.79 Å². The van der Waals surface area contributed by atoms with Crippen molar-refractivity contribution in [3.05, 3.63) is 34.3 Å². The fourth-order valence-corrected chi connectivity index (χ4v) is 3.09. The summed E-state index contributed by atoms with van der Waals surface area (Å²) in [7, 11) is 0. The first kappa shape index (κ1) is 15.7. The molecule has 110 valence electrons. The topological polar surface area (TPSA) is 23.6 Å². The van der Waals surface area contributed by atoms with E-state index in [-0.39, 0.29) is 5.78 Å². The molecule has 0 spiro atoms. The van der Waals surface area contributed by atoms with Crippen molar-refractivity contribution in [2.45, 2.75) is 26.3 Å². The Bertz CT molecular complexity index is 454. The van der Waals surface area contributed by atoms with E-state index in [0.717, 1.165) is 42.8 Å². The normalized spacial score (nSPS) is 17.6. The molecule has 0 amide bonds. The molecule has 0 saturated carbocycles. The zero-order valence-corrected chi connectivity index (χ0v) is 13.9. The van der Waals surface area contributed by atoms with Gasteiger partial charge in [-0.2, -0.15) is 0 Å².